The molecule has 2 aliphatic carbocycles. The fourth-order valence-corrected chi connectivity index (χ4v) is 3.57. The molecular formula is C15H21N5S. The molecular weight excluding hydrogens is 282 g/mol. The molecule has 112 valence electrons. The van der Waals surface area contributed by atoms with Gasteiger partial charge in [-0.15, -0.1) is 0 Å². The lowest BCUT2D eigenvalue weighted by Gasteiger charge is -2.17. The number of aromatic nitrogens is 4. The van der Waals surface area contributed by atoms with E-state index in [1.165, 1.54) is 44.3 Å². The van der Waals surface area contributed by atoms with Crippen molar-refractivity contribution in [3.8, 4) is 0 Å². The van der Waals surface area contributed by atoms with Crippen molar-refractivity contribution in [3.63, 3.8) is 0 Å². The topological polar surface area (TPSA) is 47.7 Å². The quantitative estimate of drug-likeness (QED) is 0.880. The van der Waals surface area contributed by atoms with E-state index in [0.717, 1.165) is 17.7 Å². The lowest BCUT2D eigenvalue weighted by molar-refractivity contribution is 0.644. The Morgan fingerprint density at radius 1 is 1.29 bits per heavy atom. The van der Waals surface area contributed by atoms with Crippen molar-refractivity contribution in [2.75, 3.05) is 5.43 Å². The van der Waals surface area contributed by atoms with Gasteiger partial charge >= 0.3 is 0 Å². The molecule has 0 spiro atoms. The summed E-state index contributed by atoms with van der Waals surface area (Å²) in [6.45, 7) is 2.91. The van der Waals surface area contributed by atoms with Crippen LogP contribution >= 0.6 is 12.2 Å². The molecule has 5 nitrogen and oxygen atoms in total. The third kappa shape index (κ3) is 2.25. The summed E-state index contributed by atoms with van der Waals surface area (Å²) in [4.78, 5) is 9.29. The molecule has 4 rings (SSSR count). The largest absolute Gasteiger partial charge is 0.321 e. The fourth-order valence-electron chi connectivity index (χ4n) is 3.30. The highest BCUT2D eigenvalue weighted by molar-refractivity contribution is 7.71. The third-order valence-electron chi connectivity index (χ3n) is 4.63. The lowest BCUT2D eigenvalue weighted by Crippen LogP contribution is -2.26. The molecule has 2 fully saturated rings. The Kier molecular flexibility index (Phi) is 3.21. The zero-order chi connectivity index (χ0) is 14.4. The van der Waals surface area contributed by atoms with Crippen LogP contribution in [0, 0.1) is 4.77 Å². The van der Waals surface area contributed by atoms with Crippen molar-refractivity contribution in [1.82, 2.24) is 19.2 Å². The van der Waals surface area contributed by atoms with E-state index in [-0.39, 0.29) is 0 Å². The number of hydrogen-bond acceptors (Lipinski definition) is 4. The van der Waals surface area contributed by atoms with Crippen LogP contribution in [0.3, 0.4) is 0 Å². The van der Waals surface area contributed by atoms with Crippen LogP contribution in [-0.2, 0) is 6.54 Å². The predicted molar refractivity (Wildman–Crippen MR) is 85.6 cm³/mol. The molecule has 6 heteroatoms. The zero-order valence-corrected chi connectivity index (χ0v) is 13.2. The standard InChI is InChI=1S/C15H21N5S/c1-2-19-14-12(9-16-15(19)21)20(13(17-14)10-7-8-10)18-11-5-3-4-6-11/h9-11,18H,2-8H2,1H3. The highest BCUT2D eigenvalue weighted by atomic mass is 32.1. The number of nitrogens with one attached hydrogen (secondary N) is 1. The fraction of sp³-hybridized carbons (Fsp3) is 0.667. The molecule has 0 amide bonds. The van der Waals surface area contributed by atoms with Gasteiger partial charge in [0.05, 0.1) is 6.20 Å². The van der Waals surface area contributed by atoms with Crippen molar-refractivity contribution < 1.29 is 0 Å². The van der Waals surface area contributed by atoms with E-state index in [9.17, 15) is 0 Å². The van der Waals surface area contributed by atoms with E-state index in [0.29, 0.717) is 16.7 Å². The van der Waals surface area contributed by atoms with Crippen LogP contribution in [0.1, 0.15) is 57.2 Å². The van der Waals surface area contributed by atoms with Crippen molar-refractivity contribution in [3.05, 3.63) is 16.8 Å². The Hall–Kier alpha value is -1.43. The number of rotatable bonds is 4. The number of hydrogen-bond donors (Lipinski definition) is 1. The first kappa shape index (κ1) is 13.2. The van der Waals surface area contributed by atoms with Crippen molar-refractivity contribution in [1.29, 1.82) is 0 Å². The van der Waals surface area contributed by atoms with Crippen LogP contribution in [0.2, 0.25) is 0 Å². The summed E-state index contributed by atoms with van der Waals surface area (Å²) in [5, 5.41) is 0. The highest BCUT2D eigenvalue weighted by Gasteiger charge is 2.31. The Morgan fingerprint density at radius 2 is 2.05 bits per heavy atom. The first-order valence-electron chi connectivity index (χ1n) is 8.02. The maximum atomic E-state index is 5.34. The Morgan fingerprint density at radius 3 is 2.71 bits per heavy atom. The molecule has 1 N–H and O–H groups in total. The van der Waals surface area contributed by atoms with Gasteiger partial charge in [0.2, 0.25) is 4.77 Å². The Balaban J connectivity index is 1.85. The van der Waals surface area contributed by atoms with Gasteiger partial charge in [-0.05, 0) is 44.8 Å². The van der Waals surface area contributed by atoms with Gasteiger partial charge in [0.1, 0.15) is 11.3 Å². The van der Waals surface area contributed by atoms with Gasteiger partial charge in [-0.1, -0.05) is 12.8 Å². The molecule has 0 bridgehead atoms. The minimum Gasteiger partial charge on any atom is -0.321 e. The average molecular weight is 303 g/mol. The lowest BCUT2D eigenvalue weighted by atomic mass is 10.3. The van der Waals surface area contributed by atoms with Gasteiger partial charge in [0, 0.05) is 18.5 Å². The van der Waals surface area contributed by atoms with Crippen LogP contribution in [0.15, 0.2) is 6.20 Å². The second kappa shape index (κ2) is 5.09. The average Bonchev–Trinajstić information content (AvgIpc) is 3.08. The van der Waals surface area contributed by atoms with Crippen LogP contribution < -0.4 is 5.43 Å². The zero-order valence-electron chi connectivity index (χ0n) is 12.4. The molecule has 0 aromatic carbocycles. The van der Waals surface area contributed by atoms with Gasteiger partial charge in [0.15, 0.2) is 5.65 Å². The number of nitrogens with zero attached hydrogens (tertiary/aromatic N) is 4. The molecule has 0 saturated heterocycles. The van der Waals surface area contributed by atoms with Crippen molar-refractivity contribution in [2.45, 2.75) is 64.0 Å². The van der Waals surface area contributed by atoms with E-state index in [2.05, 4.69) is 22.0 Å². The molecule has 2 heterocycles. The SMILES string of the molecule is CCn1c(=S)ncc2c1nc(C1CC1)n2NC1CCCC1. The van der Waals surface area contributed by atoms with E-state index in [4.69, 9.17) is 17.2 Å². The van der Waals surface area contributed by atoms with Gasteiger partial charge in [-0.25, -0.2) is 14.6 Å². The summed E-state index contributed by atoms with van der Waals surface area (Å²) < 4.78 is 4.86. The third-order valence-corrected chi connectivity index (χ3v) is 4.95. The Labute approximate surface area is 129 Å². The number of aryl methyl sites for hydroxylation is 1. The summed E-state index contributed by atoms with van der Waals surface area (Å²) in [5.74, 6) is 1.77. The Bertz CT molecular complexity index is 721. The molecule has 21 heavy (non-hydrogen) atoms. The summed E-state index contributed by atoms with van der Waals surface area (Å²) in [6.07, 6.45) is 9.53. The minimum atomic E-state index is 0.568. The van der Waals surface area contributed by atoms with E-state index in [1.54, 1.807) is 0 Å². The summed E-state index contributed by atoms with van der Waals surface area (Å²) >= 11 is 5.34. The van der Waals surface area contributed by atoms with E-state index in [1.807, 2.05) is 10.8 Å². The van der Waals surface area contributed by atoms with E-state index >= 15 is 0 Å². The van der Waals surface area contributed by atoms with Crippen molar-refractivity contribution in [2.24, 2.45) is 0 Å². The van der Waals surface area contributed by atoms with Crippen LogP contribution in [0.25, 0.3) is 11.2 Å². The highest BCUT2D eigenvalue weighted by Crippen LogP contribution is 2.40. The summed E-state index contributed by atoms with van der Waals surface area (Å²) in [7, 11) is 0. The summed E-state index contributed by atoms with van der Waals surface area (Å²) in [6, 6.07) is 0.568. The number of fused-ring (bicyclic) bond motifs is 1. The molecule has 0 radical (unpaired) electrons. The molecule has 0 aliphatic heterocycles. The molecule has 2 aromatic rings. The maximum absolute atomic E-state index is 5.34. The molecule has 2 saturated carbocycles. The van der Waals surface area contributed by atoms with Gasteiger partial charge in [-0.2, -0.15) is 0 Å². The first-order valence-corrected chi connectivity index (χ1v) is 8.43. The molecule has 0 atom stereocenters. The predicted octanol–water partition coefficient (Wildman–Crippen LogP) is 3.35. The maximum Gasteiger partial charge on any atom is 0.201 e. The van der Waals surface area contributed by atoms with Gasteiger partial charge in [0.25, 0.3) is 0 Å². The second-order valence-electron chi connectivity index (χ2n) is 6.18. The minimum absolute atomic E-state index is 0.568. The smallest absolute Gasteiger partial charge is 0.201 e. The first-order chi connectivity index (χ1) is 10.3. The monoisotopic (exact) mass is 303 g/mol. The molecule has 2 aromatic heterocycles. The van der Waals surface area contributed by atoms with Crippen molar-refractivity contribution >= 4 is 23.4 Å². The number of imidazole rings is 1. The van der Waals surface area contributed by atoms with Gasteiger partial charge in [-0.3, -0.25) is 0 Å². The van der Waals surface area contributed by atoms with Crippen LogP contribution in [0.4, 0.5) is 0 Å². The van der Waals surface area contributed by atoms with Crippen LogP contribution in [-0.4, -0.2) is 25.3 Å². The van der Waals surface area contributed by atoms with E-state index < -0.39 is 0 Å². The second-order valence-corrected chi connectivity index (χ2v) is 6.55. The summed E-state index contributed by atoms with van der Waals surface area (Å²) in [5.41, 5.74) is 5.74. The van der Waals surface area contributed by atoms with Gasteiger partial charge < -0.3 is 9.99 Å². The normalized spacial score (nSPS) is 19.5. The molecule has 0 unspecified atom stereocenters. The molecule has 2 aliphatic rings. The van der Waals surface area contributed by atoms with Crippen LogP contribution in [0.5, 0.6) is 0 Å².